The van der Waals surface area contributed by atoms with Crippen molar-refractivity contribution < 1.29 is 18.7 Å². The van der Waals surface area contributed by atoms with Crippen LogP contribution in [0.2, 0.25) is 0 Å². The van der Waals surface area contributed by atoms with Crippen LogP contribution >= 0.6 is 0 Å². The maximum atomic E-state index is 14.6. The highest BCUT2D eigenvalue weighted by atomic mass is 19.1. The van der Waals surface area contributed by atoms with Crippen molar-refractivity contribution in [1.82, 2.24) is 9.13 Å². The molecule has 0 radical (unpaired) electrons. The van der Waals surface area contributed by atoms with Crippen LogP contribution in [-0.4, -0.2) is 20.2 Å². The smallest absolute Gasteiger partial charge is 0.341 e. The predicted octanol–water partition coefficient (Wildman–Crippen LogP) is 4.97. The van der Waals surface area contributed by atoms with Crippen molar-refractivity contribution >= 4 is 27.8 Å². The zero-order valence-electron chi connectivity index (χ0n) is 16.6. The number of rotatable bonds is 4. The van der Waals surface area contributed by atoms with Gasteiger partial charge in [0.25, 0.3) is 0 Å². The second-order valence-corrected chi connectivity index (χ2v) is 7.47. The molecule has 2 heterocycles. The summed E-state index contributed by atoms with van der Waals surface area (Å²) in [5.41, 5.74) is 0.780. The number of nitrogens with zero attached hydrogens (tertiary/aromatic N) is 2. The number of carboxylic acid groups (broad SMARTS) is 1. The second-order valence-electron chi connectivity index (χ2n) is 7.47. The molecule has 3 aromatic carbocycles. The van der Waals surface area contributed by atoms with Gasteiger partial charge in [-0.15, -0.1) is 0 Å². The highest BCUT2D eigenvalue weighted by Gasteiger charge is 2.20. The van der Waals surface area contributed by atoms with Gasteiger partial charge in [0.2, 0.25) is 5.43 Å². The summed E-state index contributed by atoms with van der Waals surface area (Å²) >= 11 is 0. The summed E-state index contributed by atoms with van der Waals surface area (Å²) in [6.45, 7) is 0.0597. The Morgan fingerprint density at radius 3 is 2.38 bits per heavy atom. The molecule has 7 heteroatoms. The third-order valence-electron chi connectivity index (χ3n) is 5.52. The highest BCUT2D eigenvalue weighted by Crippen LogP contribution is 2.23. The lowest BCUT2D eigenvalue weighted by Crippen LogP contribution is -2.21. The van der Waals surface area contributed by atoms with Gasteiger partial charge in [-0.05, 0) is 47.3 Å². The van der Waals surface area contributed by atoms with Gasteiger partial charge < -0.3 is 14.2 Å². The van der Waals surface area contributed by atoms with E-state index in [-0.39, 0.29) is 12.1 Å². The first-order chi connectivity index (χ1) is 15.4. The quantitative estimate of drug-likeness (QED) is 0.438. The molecule has 0 unspecified atom stereocenters. The van der Waals surface area contributed by atoms with Crippen molar-refractivity contribution in [2.45, 2.75) is 6.54 Å². The van der Waals surface area contributed by atoms with Crippen LogP contribution in [0.15, 0.2) is 83.9 Å². The number of benzene rings is 3. The summed E-state index contributed by atoms with van der Waals surface area (Å²) in [4.78, 5) is 23.9. The van der Waals surface area contributed by atoms with Gasteiger partial charge in [-0.3, -0.25) is 4.79 Å². The lowest BCUT2D eigenvalue weighted by Gasteiger charge is -2.14. The van der Waals surface area contributed by atoms with Gasteiger partial charge in [0, 0.05) is 24.6 Å². The molecule has 5 rings (SSSR count). The minimum absolute atomic E-state index is 0.0597. The van der Waals surface area contributed by atoms with Crippen molar-refractivity contribution in [3.8, 4) is 5.69 Å². The average molecular weight is 430 g/mol. The number of para-hydroxylation sites is 1. The molecule has 0 aliphatic carbocycles. The minimum Gasteiger partial charge on any atom is -0.477 e. The van der Waals surface area contributed by atoms with Crippen LogP contribution in [0.5, 0.6) is 0 Å². The molecule has 0 fully saturated rings. The van der Waals surface area contributed by atoms with Gasteiger partial charge >= 0.3 is 5.97 Å². The van der Waals surface area contributed by atoms with Gasteiger partial charge in [-0.2, -0.15) is 0 Å². The van der Waals surface area contributed by atoms with Crippen LogP contribution in [0.4, 0.5) is 8.78 Å². The van der Waals surface area contributed by atoms with E-state index in [0.717, 1.165) is 40.5 Å². The van der Waals surface area contributed by atoms with Gasteiger partial charge in [0.15, 0.2) is 0 Å². The predicted molar refractivity (Wildman–Crippen MR) is 117 cm³/mol. The second kappa shape index (κ2) is 7.46. The van der Waals surface area contributed by atoms with E-state index in [0.29, 0.717) is 0 Å². The van der Waals surface area contributed by atoms with Crippen molar-refractivity contribution in [3.63, 3.8) is 0 Å². The van der Waals surface area contributed by atoms with E-state index in [1.807, 2.05) is 65.4 Å². The van der Waals surface area contributed by atoms with E-state index in [2.05, 4.69) is 0 Å². The van der Waals surface area contributed by atoms with Gasteiger partial charge in [0.1, 0.15) is 17.2 Å². The first kappa shape index (κ1) is 19.7. The molecule has 1 N–H and O–H groups in total. The molecule has 5 nitrogen and oxygen atoms in total. The Hall–Kier alpha value is -4.26. The van der Waals surface area contributed by atoms with E-state index >= 15 is 0 Å². The van der Waals surface area contributed by atoms with Crippen molar-refractivity contribution in [3.05, 3.63) is 112 Å². The summed E-state index contributed by atoms with van der Waals surface area (Å²) in [7, 11) is 0. The molecule has 0 spiro atoms. The molecule has 0 aliphatic rings. The fourth-order valence-corrected chi connectivity index (χ4v) is 4.00. The Labute approximate surface area is 180 Å². The molecule has 0 bridgehead atoms. The van der Waals surface area contributed by atoms with Crippen molar-refractivity contribution in [2.75, 3.05) is 0 Å². The SMILES string of the molecule is O=C(O)c1cn(Cc2ccc(-n3ccc4ccccc43)cc2)c2c(F)ccc(F)c2c1=O. The third-order valence-corrected chi connectivity index (χ3v) is 5.52. The number of aromatic nitrogens is 2. The van der Waals surface area contributed by atoms with Crippen molar-refractivity contribution in [1.29, 1.82) is 0 Å². The molecule has 32 heavy (non-hydrogen) atoms. The van der Waals surface area contributed by atoms with Crippen LogP contribution < -0.4 is 5.43 Å². The number of hydrogen-bond donors (Lipinski definition) is 1. The molecular formula is C25H16F2N2O3. The Morgan fingerprint density at radius 1 is 0.906 bits per heavy atom. The molecule has 158 valence electrons. The molecule has 0 saturated carbocycles. The summed E-state index contributed by atoms with van der Waals surface area (Å²) in [5, 5.41) is 9.91. The fraction of sp³-hybridized carbons (Fsp3) is 0.0400. The Morgan fingerprint density at radius 2 is 1.62 bits per heavy atom. The number of carboxylic acids is 1. The first-order valence-electron chi connectivity index (χ1n) is 9.84. The highest BCUT2D eigenvalue weighted by molar-refractivity contribution is 5.93. The number of hydrogen-bond acceptors (Lipinski definition) is 2. The Kier molecular flexibility index (Phi) is 4.59. The van der Waals surface area contributed by atoms with Gasteiger partial charge in [-0.25, -0.2) is 13.6 Å². The summed E-state index contributed by atoms with van der Waals surface area (Å²) in [6, 6.07) is 19.2. The monoisotopic (exact) mass is 430 g/mol. The van der Waals surface area contributed by atoms with Crippen LogP contribution in [-0.2, 0) is 6.54 Å². The molecule has 5 aromatic rings. The number of pyridine rings is 1. The maximum Gasteiger partial charge on any atom is 0.341 e. The van der Waals surface area contributed by atoms with E-state index < -0.39 is 34.0 Å². The largest absolute Gasteiger partial charge is 0.477 e. The van der Waals surface area contributed by atoms with Gasteiger partial charge in [-0.1, -0.05) is 30.3 Å². The van der Waals surface area contributed by atoms with Crippen LogP contribution in [0.3, 0.4) is 0 Å². The lowest BCUT2D eigenvalue weighted by atomic mass is 10.1. The zero-order valence-corrected chi connectivity index (χ0v) is 16.6. The number of aromatic carboxylic acids is 1. The van der Waals surface area contributed by atoms with Crippen LogP contribution in [0.25, 0.3) is 27.5 Å². The number of fused-ring (bicyclic) bond motifs is 2. The molecule has 0 amide bonds. The summed E-state index contributed by atoms with van der Waals surface area (Å²) in [6.07, 6.45) is 3.02. The Bertz CT molecular complexity index is 1570. The van der Waals surface area contributed by atoms with Gasteiger partial charge in [0.05, 0.1) is 16.4 Å². The maximum absolute atomic E-state index is 14.6. The standard InChI is InChI=1S/C25H16F2N2O3/c26-19-9-10-20(27)23-22(19)24(30)18(25(31)32)14-28(23)13-15-5-7-17(8-6-15)29-12-11-16-3-1-2-4-21(16)29/h1-12,14H,13H2,(H,31,32). The zero-order chi connectivity index (χ0) is 22.4. The fourth-order valence-electron chi connectivity index (χ4n) is 4.00. The molecule has 2 aromatic heterocycles. The normalized spacial score (nSPS) is 11.3. The van der Waals surface area contributed by atoms with E-state index in [4.69, 9.17) is 0 Å². The van der Waals surface area contributed by atoms with E-state index in [9.17, 15) is 23.5 Å². The minimum atomic E-state index is -1.50. The van der Waals surface area contributed by atoms with E-state index in [1.165, 1.54) is 4.57 Å². The summed E-state index contributed by atoms with van der Waals surface area (Å²) in [5.74, 6) is -3.26. The molecular weight excluding hydrogens is 414 g/mol. The van der Waals surface area contributed by atoms with E-state index in [1.54, 1.807) is 0 Å². The summed E-state index contributed by atoms with van der Waals surface area (Å²) < 4.78 is 32.2. The average Bonchev–Trinajstić information content (AvgIpc) is 3.22. The van der Waals surface area contributed by atoms with Crippen LogP contribution in [0, 0.1) is 11.6 Å². The topological polar surface area (TPSA) is 64.2 Å². The molecule has 0 atom stereocenters. The lowest BCUT2D eigenvalue weighted by molar-refractivity contribution is 0.0695. The molecule has 0 saturated heterocycles. The number of carbonyl (C=O) groups is 1. The number of halogens is 2. The first-order valence-corrected chi connectivity index (χ1v) is 9.84. The van der Waals surface area contributed by atoms with Crippen molar-refractivity contribution in [2.24, 2.45) is 0 Å². The molecule has 0 aliphatic heterocycles. The van der Waals surface area contributed by atoms with Crippen LogP contribution in [0.1, 0.15) is 15.9 Å². The third kappa shape index (κ3) is 3.15. The Balaban J connectivity index is 1.59.